The summed E-state index contributed by atoms with van der Waals surface area (Å²) in [7, 11) is 6.00. The van der Waals surface area contributed by atoms with Crippen molar-refractivity contribution in [3.05, 3.63) is 75.6 Å². The number of Topliss-reactive ketones (excluding diaryl/α,β-unsaturated/α-hetero) is 2. The van der Waals surface area contributed by atoms with Gasteiger partial charge >= 0.3 is 0 Å². The van der Waals surface area contributed by atoms with Crippen LogP contribution in [0.15, 0.2) is 53.3 Å². The normalized spacial score (nSPS) is 25.2. The number of nitrogens with one attached hydrogen (secondary N) is 1. The molecule has 0 aliphatic heterocycles. The van der Waals surface area contributed by atoms with Gasteiger partial charge in [0.15, 0.2) is 11.4 Å². The molecule has 2 aromatic rings. The first-order valence-electron chi connectivity index (χ1n) is 13.0. The first kappa shape index (κ1) is 28.0. The largest absolute Gasteiger partial charge is 0.508 e. The number of ether oxygens (including phenoxy) is 1. The summed E-state index contributed by atoms with van der Waals surface area (Å²) in [5.41, 5.74) is -1.74. The molecule has 10 heteroatoms. The van der Waals surface area contributed by atoms with Crippen molar-refractivity contribution < 1.29 is 39.5 Å². The number of phenols is 1. The van der Waals surface area contributed by atoms with E-state index in [4.69, 9.17) is 4.74 Å². The second-order valence-corrected chi connectivity index (χ2v) is 10.6. The molecule has 10 nitrogen and oxygen atoms in total. The molecule has 0 saturated heterocycles. The number of hydrogen-bond acceptors (Lipinski definition) is 9. The van der Waals surface area contributed by atoms with Gasteiger partial charge in [0, 0.05) is 29.7 Å². The minimum Gasteiger partial charge on any atom is -0.508 e. The molecule has 1 saturated carbocycles. The zero-order valence-corrected chi connectivity index (χ0v) is 23.0. The van der Waals surface area contributed by atoms with E-state index in [1.165, 1.54) is 18.0 Å². The van der Waals surface area contributed by atoms with Crippen molar-refractivity contribution in [2.24, 2.45) is 11.8 Å². The molecule has 0 bridgehead atoms. The highest BCUT2D eigenvalue weighted by molar-refractivity contribution is 6.24. The van der Waals surface area contributed by atoms with Gasteiger partial charge in [0.1, 0.15) is 28.6 Å². The number of likely N-dealkylation sites (N-methyl/N-ethyl adjacent to an activating group) is 2. The van der Waals surface area contributed by atoms with Crippen molar-refractivity contribution in [2.75, 3.05) is 28.3 Å². The van der Waals surface area contributed by atoms with E-state index < -0.39 is 58.0 Å². The van der Waals surface area contributed by atoms with Gasteiger partial charge in [0.2, 0.25) is 5.78 Å². The Labute approximate surface area is 236 Å². The topological polar surface area (TPSA) is 157 Å². The molecule has 2 aromatic carbocycles. The number of phenolic OH excluding ortho intramolecular Hbond substituents is 1. The average molecular weight is 559 g/mol. The van der Waals surface area contributed by atoms with Gasteiger partial charge in [-0.15, -0.1) is 0 Å². The van der Waals surface area contributed by atoms with E-state index in [2.05, 4.69) is 17.2 Å². The second-order valence-electron chi connectivity index (χ2n) is 10.6. The fourth-order valence-corrected chi connectivity index (χ4v) is 6.28. The summed E-state index contributed by atoms with van der Waals surface area (Å²) in [5, 5.41) is 47.3. The lowest BCUT2D eigenvalue weighted by Gasteiger charge is -2.50. The molecule has 0 radical (unpaired) electrons. The predicted molar refractivity (Wildman–Crippen MR) is 148 cm³/mol. The minimum atomic E-state index is -2.64. The lowest BCUT2D eigenvalue weighted by atomic mass is 9.57. The van der Waals surface area contributed by atoms with E-state index >= 15 is 0 Å². The van der Waals surface area contributed by atoms with Gasteiger partial charge in [-0.25, -0.2) is 0 Å². The van der Waals surface area contributed by atoms with Gasteiger partial charge in [0.05, 0.1) is 18.7 Å². The Morgan fingerprint density at radius 1 is 1.07 bits per heavy atom. The van der Waals surface area contributed by atoms with Crippen LogP contribution in [0.2, 0.25) is 0 Å². The highest BCUT2D eigenvalue weighted by atomic mass is 16.5. The van der Waals surface area contributed by atoms with E-state index in [1.807, 2.05) is 0 Å². The summed E-state index contributed by atoms with van der Waals surface area (Å²) in [4.78, 5) is 41.5. The standard InChI is InChI=1S/C31H30N2O8/c1-32-30(39)24-27(36)25(33(2)3)20-14-17-13-19-16(8-5-15-6-10-18(41-4)11-7-15)9-12-21(34)23(19)26(35)22(17)28(37)31(20,40)29(24)38/h6-7,9-12,17,20,25,34-35,38,40H,13-14H2,1-4H3,(H,32,39). The third-order valence-electron chi connectivity index (χ3n) is 8.24. The van der Waals surface area contributed by atoms with Gasteiger partial charge in [-0.3, -0.25) is 19.3 Å². The first-order valence-corrected chi connectivity index (χ1v) is 13.0. The van der Waals surface area contributed by atoms with Gasteiger partial charge in [-0.2, -0.15) is 0 Å². The number of ketones is 2. The fourth-order valence-electron chi connectivity index (χ4n) is 6.28. The Morgan fingerprint density at radius 3 is 2.37 bits per heavy atom. The molecule has 41 heavy (non-hydrogen) atoms. The number of amides is 1. The Morgan fingerprint density at radius 2 is 1.76 bits per heavy atom. The molecule has 3 aliphatic rings. The van der Waals surface area contributed by atoms with Crippen LogP contribution in [0.25, 0.3) is 5.76 Å². The number of fused-ring (bicyclic) bond motifs is 3. The van der Waals surface area contributed by atoms with Crippen molar-refractivity contribution in [3.63, 3.8) is 0 Å². The quantitative estimate of drug-likeness (QED) is 0.279. The van der Waals surface area contributed by atoms with Gasteiger partial charge < -0.3 is 30.5 Å². The number of benzene rings is 2. The number of carbonyl (C=O) groups excluding carboxylic acids is 3. The van der Waals surface area contributed by atoms with Crippen molar-refractivity contribution in [1.29, 1.82) is 0 Å². The van der Waals surface area contributed by atoms with Crippen molar-refractivity contribution in [2.45, 2.75) is 24.5 Å². The maximum absolute atomic E-state index is 14.0. The number of aliphatic hydroxyl groups excluding tert-OH is 2. The SMILES string of the molecule is CNC(=O)C1=C(O)C2(O)C(=O)C3=C(O)c4c(O)ccc(C#Cc5ccc(OC)cc5)c4CC3CC2C(N(C)C)C1=O. The third kappa shape index (κ3) is 4.17. The lowest BCUT2D eigenvalue weighted by molar-refractivity contribution is -0.153. The van der Waals surface area contributed by atoms with Crippen LogP contribution in [-0.4, -0.2) is 82.7 Å². The van der Waals surface area contributed by atoms with E-state index in [0.717, 1.165) is 0 Å². The molecule has 5 rings (SSSR count). The summed E-state index contributed by atoms with van der Waals surface area (Å²) < 4.78 is 5.18. The zero-order valence-electron chi connectivity index (χ0n) is 23.0. The summed E-state index contributed by atoms with van der Waals surface area (Å²) in [6.45, 7) is 0. The maximum atomic E-state index is 14.0. The summed E-state index contributed by atoms with van der Waals surface area (Å²) in [5.74, 6) is 0.532. The number of nitrogens with zero attached hydrogens (tertiary/aromatic N) is 1. The molecule has 0 heterocycles. The van der Waals surface area contributed by atoms with Crippen molar-refractivity contribution in [1.82, 2.24) is 10.2 Å². The Balaban J connectivity index is 1.66. The van der Waals surface area contributed by atoms with Gasteiger partial charge in [-0.1, -0.05) is 11.8 Å². The molecular weight excluding hydrogens is 528 g/mol. The van der Waals surface area contributed by atoms with E-state index in [1.54, 1.807) is 51.5 Å². The van der Waals surface area contributed by atoms with Gasteiger partial charge in [0.25, 0.3) is 5.91 Å². The molecule has 4 atom stereocenters. The Hall–Kier alpha value is -4.59. The van der Waals surface area contributed by atoms with Crippen LogP contribution in [0.5, 0.6) is 11.5 Å². The van der Waals surface area contributed by atoms with Crippen LogP contribution in [0.3, 0.4) is 0 Å². The number of aromatic hydroxyl groups is 1. The fraction of sp³-hybridized carbons (Fsp3) is 0.323. The Bertz CT molecular complexity index is 1610. The summed E-state index contributed by atoms with van der Waals surface area (Å²) >= 11 is 0. The summed E-state index contributed by atoms with van der Waals surface area (Å²) in [6.07, 6.45) is 0.205. The van der Waals surface area contributed by atoms with Crippen LogP contribution in [0.4, 0.5) is 0 Å². The molecule has 1 fully saturated rings. The third-order valence-corrected chi connectivity index (χ3v) is 8.24. The first-order chi connectivity index (χ1) is 19.4. The second kappa shape index (κ2) is 10.1. The van der Waals surface area contributed by atoms with Crippen molar-refractivity contribution >= 4 is 23.2 Å². The Kier molecular flexibility index (Phi) is 6.89. The molecule has 4 unspecified atom stereocenters. The average Bonchev–Trinajstić information content (AvgIpc) is 2.94. The van der Waals surface area contributed by atoms with Crippen LogP contribution in [0, 0.1) is 23.7 Å². The smallest absolute Gasteiger partial charge is 0.258 e. The lowest BCUT2D eigenvalue weighted by Crippen LogP contribution is -2.65. The molecule has 1 amide bonds. The minimum absolute atomic E-state index is 0.0132. The van der Waals surface area contributed by atoms with Crippen LogP contribution < -0.4 is 10.1 Å². The number of methoxy groups -OCH3 is 1. The van der Waals surface area contributed by atoms with Crippen LogP contribution in [-0.2, 0) is 20.8 Å². The summed E-state index contributed by atoms with van der Waals surface area (Å²) in [6, 6.07) is 9.03. The molecule has 212 valence electrons. The molecule has 5 N–H and O–H groups in total. The van der Waals surface area contributed by atoms with Crippen LogP contribution >= 0.6 is 0 Å². The molecule has 0 aromatic heterocycles. The molecule has 3 aliphatic carbocycles. The monoisotopic (exact) mass is 558 g/mol. The highest BCUT2D eigenvalue weighted by Crippen LogP contribution is 2.52. The zero-order chi connectivity index (χ0) is 29.8. The number of carbonyl (C=O) groups is 3. The molecule has 0 spiro atoms. The van der Waals surface area contributed by atoms with E-state index in [-0.39, 0.29) is 29.7 Å². The number of rotatable bonds is 3. The highest BCUT2D eigenvalue weighted by Gasteiger charge is 2.64. The van der Waals surface area contributed by atoms with E-state index in [0.29, 0.717) is 22.4 Å². The predicted octanol–water partition coefficient (Wildman–Crippen LogP) is 1.63. The number of aliphatic hydroxyl groups is 3. The maximum Gasteiger partial charge on any atom is 0.258 e. The van der Waals surface area contributed by atoms with E-state index in [9.17, 15) is 34.8 Å². The van der Waals surface area contributed by atoms with Gasteiger partial charge in [-0.05, 0) is 74.8 Å². The number of hydrogen-bond donors (Lipinski definition) is 5. The molecular formula is C31H30N2O8. The van der Waals surface area contributed by atoms with Crippen LogP contribution in [0.1, 0.15) is 28.7 Å². The van der Waals surface area contributed by atoms with Crippen molar-refractivity contribution in [3.8, 4) is 23.3 Å².